The maximum Gasteiger partial charge on any atom is 0.269 e. The molecule has 1 atom stereocenters. The maximum atomic E-state index is 11.7. The van der Waals surface area contributed by atoms with Gasteiger partial charge in [-0.15, -0.1) is 0 Å². The number of amides is 1. The number of hydrogen-bond donors (Lipinski definition) is 1. The van der Waals surface area contributed by atoms with Crippen LogP contribution in [-0.2, 0) is 0 Å². The van der Waals surface area contributed by atoms with Crippen molar-refractivity contribution >= 4 is 17.5 Å². The number of rotatable bonds is 4. The zero-order valence-corrected chi connectivity index (χ0v) is 10.6. The summed E-state index contributed by atoms with van der Waals surface area (Å²) in [4.78, 5) is 15.7. The van der Waals surface area contributed by atoms with E-state index in [0.29, 0.717) is 29.1 Å². The second-order valence-corrected chi connectivity index (χ2v) is 4.73. The first-order chi connectivity index (χ1) is 7.50. The minimum Gasteiger partial charge on any atom is -0.350 e. The number of nitrogens with one attached hydrogen (secondary N) is 1. The minimum atomic E-state index is -0.171. The standard InChI is InChI=1S/C12H17ClN2O/c1-8(2)9(3)7-15-12(16)11-6-10(13)4-5-14-11/h4-6,8-9H,7H2,1-3H3,(H,15,16). The van der Waals surface area contributed by atoms with Crippen LogP contribution in [0.5, 0.6) is 0 Å². The lowest BCUT2D eigenvalue weighted by Gasteiger charge is -2.15. The molecular weight excluding hydrogens is 224 g/mol. The monoisotopic (exact) mass is 240 g/mol. The molecule has 0 bridgehead atoms. The largest absolute Gasteiger partial charge is 0.350 e. The first-order valence-corrected chi connectivity index (χ1v) is 5.78. The average Bonchev–Trinajstić information content (AvgIpc) is 2.25. The van der Waals surface area contributed by atoms with Crippen LogP contribution < -0.4 is 5.32 Å². The lowest BCUT2D eigenvalue weighted by atomic mass is 9.98. The van der Waals surface area contributed by atoms with Crippen molar-refractivity contribution in [2.24, 2.45) is 11.8 Å². The van der Waals surface area contributed by atoms with Gasteiger partial charge < -0.3 is 5.32 Å². The Labute approximate surface area is 101 Å². The number of carbonyl (C=O) groups excluding carboxylic acids is 1. The van der Waals surface area contributed by atoms with Crippen molar-refractivity contribution in [2.45, 2.75) is 20.8 Å². The van der Waals surface area contributed by atoms with Gasteiger partial charge in [-0.2, -0.15) is 0 Å². The van der Waals surface area contributed by atoms with Gasteiger partial charge >= 0.3 is 0 Å². The summed E-state index contributed by atoms with van der Waals surface area (Å²) in [5.41, 5.74) is 0.364. The van der Waals surface area contributed by atoms with Crippen molar-refractivity contribution in [3.63, 3.8) is 0 Å². The van der Waals surface area contributed by atoms with E-state index in [1.807, 2.05) is 0 Å². The van der Waals surface area contributed by atoms with Gasteiger partial charge in [0.1, 0.15) is 5.69 Å². The average molecular weight is 241 g/mol. The summed E-state index contributed by atoms with van der Waals surface area (Å²) in [7, 11) is 0. The fraction of sp³-hybridized carbons (Fsp3) is 0.500. The molecule has 4 heteroatoms. The molecule has 0 aromatic carbocycles. The van der Waals surface area contributed by atoms with Gasteiger partial charge in [0.15, 0.2) is 0 Å². The molecule has 0 fully saturated rings. The van der Waals surface area contributed by atoms with Crippen molar-refractivity contribution in [3.05, 3.63) is 29.0 Å². The molecule has 1 aromatic heterocycles. The van der Waals surface area contributed by atoms with Gasteiger partial charge in [-0.3, -0.25) is 9.78 Å². The molecule has 0 spiro atoms. The second kappa shape index (κ2) is 5.85. The lowest BCUT2D eigenvalue weighted by Crippen LogP contribution is -2.30. The van der Waals surface area contributed by atoms with E-state index in [-0.39, 0.29) is 5.91 Å². The highest BCUT2D eigenvalue weighted by Gasteiger charge is 2.11. The van der Waals surface area contributed by atoms with Crippen molar-refractivity contribution in [1.29, 1.82) is 0 Å². The molecule has 0 saturated heterocycles. The Kier molecular flexibility index (Phi) is 4.74. The molecule has 88 valence electrons. The minimum absolute atomic E-state index is 0.171. The van der Waals surface area contributed by atoms with Crippen LogP contribution in [0.15, 0.2) is 18.3 Å². The van der Waals surface area contributed by atoms with Crippen LogP contribution >= 0.6 is 11.6 Å². The molecule has 1 heterocycles. The van der Waals surface area contributed by atoms with E-state index in [1.54, 1.807) is 12.1 Å². The molecule has 3 nitrogen and oxygen atoms in total. The Balaban J connectivity index is 2.53. The van der Waals surface area contributed by atoms with Crippen LogP contribution in [0.2, 0.25) is 5.02 Å². The predicted molar refractivity (Wildman–Crippen MR) is 65.6 cm³/mol. The number of halogens is 1. The van der Waals surface area contributed by atoms with E-state index in [1.165, 1.54) is 6.20 Å². The SMILES string of the molecule is CC(C)C(C)CNC(=O)c1cc(Cl)ccn1. The Morgan fingerprint density at radius 2 is 2.19 bits per heavy atom. The van der Waals surface area contributed by atoms with Crippen LogP contribution in [0, 0.1) is 11.8 Å². The lowest BCUT2D eigenvalue weighted by molar-refractivity contribution is 0.0940. The Hall–Kier alpha value is -1.09. The van der Waals surface area contributed by atoms with Crippen molar-refractivity contribution < 1.29 is 4.79 Å². The highest BCUT2D eigenvalue weighted by molar-refractivity contribution is 6.30. The van der Waals surface area contributed by atoms with E-state index in [4.69, 9.17) is 11.6 Å². The molecule has 1 amide bonds. The number of pyridine rings is 1. The predicted octanol–water partition coefficient (Wildman–Crippen LogP) is 2.76. The topological polar surface area (TPSA) is 42.0 Å². The van der Waals surface area contributed by atoms with Crippen LogP contribution in [0.1, 0.15) is 31.3 Å². The van der Waals surface area contributed by atoms with Gasteiger partial charge in [0.25, 0.3) is 5.91 Å². The van der Waals surface area contributed by atoms with E-state index in [2.05, 4.69) is 31.1 Å². The first-order valence-electron chi connectivity index (χ1n) is 5.40. The zero-order valence-electron chi connectivity index (χ0n) is 9.83. The number of aromatic nitrogens is 1. The second-order valence-electron chi connectivity index (χ2n) is 4.29. The van der Waals surface area contributed by atoms with Crippen LogP contribution in [0.25, 0.3) is 0 Å². The van der Waals surface area contributed by atoms with Gasteiger partial charge in [0, 0.05) is 17.8 Å². The fourth-order valence-corrected chi connectivity index (χ4v) is 1.27. The molecule has 0 aliphatic rings. The summed E-state index contributed by atoms with van der Waals surface area (Å²) in [6, 6.07) is 3.21. The van der Waals surface area contributed by atoms with Crippen LogP contribution in [0.3, 0.4) is 0 Å². The third kappa shape index (κ3) is 3.81. The molecule has 16 heavy (non-hydrogen) atoms. The normalized spacial score (nSPS) is 12.6. The Bertz CT molecular complexity index is 366. The third-order valence-electron chi connectivity index (χ3n) is 2.68. The number of carbonyl (C=O) groups is 1. The van der Waals surface area contributed by atoms with E-state index in [9.17, 15) is 4.79 Å². The summed E-state index contributed by atoms with van der Waals surface area (Å²) in [6.45, 7) is 7.03. The van der Waals surface area contributed by atoms with Gasteiger partial charge in [-0.25, -0.2) is 0 Å². The fourth-order valence-electron chi connectivity index (χ4n) is 1.11. The van der Waals surface area contributed by atoms with Gasteiger partial charge in [0.2, 0.25) is 0 Å². The summed E-state index contributed by atoms with van der Waals surface area (Å²) in [5, 5.41) is 3.37. The Morgan fingerprint density at radius 1 is 1.50 bits per heavy atom. The molecule has 1 N–H and O–H groups in total. The Morgan fingerprint density at radius 3 is 2.75 bits per heavy atom. The smallest absolute Gasteiger partial charge is 0.269 e. The van der Waals surface area contributed by atoms with Gasteiger partial charge in [-0.1, -0.05) is 32.4 Å². The highest BCUT2D eigenvalue weighted by atomic mass is 35.5. The third-order valence-corrected chi connectivity index (χ3v) is 2.91. The maximum absolute atomic E-state index is 11.7. The molecular formula is C12H17ClN2O. The van der Waals surface area contributed by atoms with Crippen LogP contribution in [-0.4, -0.2) is 17.4 Å². The molecule has 0 aliphatic heterocycles. The summed E-state index contributed by atoms with van der Waals surface area (Å²) < 4.78 is 0. The first kappa shape index (κ1) is 13.0. The van der Waals surface area contributed by atoms with Gasteiger partial charge in [-0.05, 0) is 24.0 Å². The summed E-state index contributed by atoms with van der Waals surface area (Å²) in [5.74, 6) is 0.825. The summed E-state index contributed by atoms with van der Waals surface area (Å²) >= 11 is 5.78. The zero-order chi connectivity index (χ0) is 12.1. The quantitative estimate of drug-likeness (QED) is 0.879. The van der Waals surface area contributed by atoms with Gasteiger partial charge in [0.05, 0.1) is 0 Å². The van der Waals surface area contributed by atoms with Crippen molar-refractivity contribution in [3.8, 4) is 0 Å². The number of hydrogen-bond acceptors (Lipinski definition) is 2. The van der Waals surface area contributed by atoms with E-state index < -0.39 is 0 Å². The molecule has 1 rings (SSSR count). The highest BCUT2D eigenvalue weighted by Crippen LogP contribution is 2.10. The molecule has 1 unspecified atom stereocenters. The van der Waals surface area contributed by atoms with Crippen molar-refractivity contribution in [2.75, 3.05) is 6.54 Å². The number of nitrogens with zero attached hydrogens (tertiary/aromatic N) is 1. The molecule has 0 aliphatic carbocycles. The summed E-state index contributed by atoms with van der Waals surface area (Å²) in [6.07, 6.45) is 1.53. The van der Waals surface area contributed by atoms with E-state index >= 15 is 0 Å². The molecule has 0 saturated carbocycles. The van der Waals surface area contributed by atoms with Crippen molar-refractivity contribution in [1.82, 2.24) is 10.3 Å². The van der Waals surface area contributed by atoms with E-state index in [0.717, 1.165) is 0 Å². The van der Waals surface area contributed by atoms with Crippen LogP contribution in [0.4, 0.5) is 0 Å². The molecule has 0 radical (unpaired) electrons. The molecule has 1 aromatic rings.